The summed E-state index contributed by atoms with van der Waals surface area (Å²) in [7, 11) is 0. The van der Waals surface area contributed by atoms with Gasteiger partial charge in [-0.2, -0.15) is 0 Å². The second-order valence-electron chi connectivity index (χ2n) is 2.32. The molecule has 14 heavy (non-hydrogen) atoms. The monoisotopic (exact) mass is 259 g/mol. The maximum Gasteiger partial charge on any atom is 0.271 e. The van der Waals surface area contributed by atoms with Crippen LogP contribution in [0.15, 0.2) is 16.6 Å². The molecule has 7 heteroatoms. The molecule has 0 saturated heterocycles. The van der Waals surface area contributed by atoms with Gasteiger partial charge in [0.25, 0.3) is 5.69 Å². The van der Waals surface area contributed by atoms with Gasteiger partial charge in [0.15, 0.2) is 0 Å². The molecular formula is C7H2BrNO5-2. The zero-order chi connectivity index (χ0) is 10.9. The van der Waals surface area contributed by atoms with E-state index < -0.39 is 27.9 Å². The number of nitro benzene ring substituents is 1. The number of aromatic carboxylic acids is 1. The first kappa shape index (κ1) is 10.5. The molecule has 1 aromatic carbocycles. The van der Waals surface area contributed by atoms with Crippen molar-refractivity contribution < 1.29 is 19.9 Å². The zero-order valence-electron chi connectivity index (χ0n) is 6.52. The third-order valence-corrected chi connectivity index (χ3v) is 2.11. The molecule has 0 aliphatic heterocycles. The molecule has 0 aliphatic rings. The first-order chi connectivity index (χ1) is 6.45. The van der Waals surface area contributed by atoms with Gasteiger partial charge in [0.1, 0.15) is 0 Å². The van der Waals surface area contributed by atoms with Crippen LogP contribution in [-0.4, -0.2) is 10.9 Å². The average Bonchev–Trinajstić information content (AvgIpc) is 2.08. The molecule has 0 amide bonds. The standard InChI is InChI=1S/C7H4BrNO5/c8-4-2-1-3(7(11)12)5(6(4)10)9(13)14/h1-2,10H,(H,11,12)/p-2. The summed E-state index contributed by atoms with van der Waals surface area (Å²) in [5.41, 5.74) is -1.71. The van der Waals surface area contributed by atoms with Gasteiger partial charge in [-0.15, -0.1) is 0 Å². The number of nitrogens with zero attached hydrogens (tertiary/aromatic N) is 1. The zero-order valence-corrected chi connectivity index (χ0v) is 8.11. The van der Waals surface area contributed by atoms with Crippen LogP contribution in [0.25, 0.3) is 0 Å². The molecular weight excluding hydrogens is 258 g/mol. The number of nitro groups is 1. The maximum absolute atomic E-state index is 11.2. The number of carboxylic acids is 1. The van der Waals surface area contributed by atoms with Crippen LogP contribution < -0.4 is 10.2 Å². The minimum atomic E-state index is -1.75. The third-order valence-electron chi connectivity index (χ3n) is 1.49. The van der Waals surface area contributed by atoms with E-state index >= 15 is 0 Å². The van der Waals surface area contributed by atoms with E-state index in [9.17, 15) is 25.1 Å². The summed E-state index contributed by atoms with van der Waals surface area (Å²) in [4.78, 5) is 19.8. The molecule has 0 radical (unpaired) electrons. The van der Waals surface area contributed by atoms with Crippen molar-refractivity contribution in [3.63, 3.8) is 0 Å². The first-order valence-electron chi connectivity index (χ1n) is 3.30. The van der Waals surface area contributed by atoms with Crippen molar-refractivity contribution >= 4 is 27.6 Å². The minimum Gasteiger partial charge on any atom is -0.867 e. The van der Waals surface area contributed by atoms with Gasteiger partial charge < -0.3 is 15.0 Å². The van der Waals surface area contributed by atoms with E-state index in [1.54, 1.807) is 0 Å². The van der Waals surface area contributed by atoms with Crippen molar-refractivity contribution in [2.75, 3.05) is 0 Å². The lowest BCUT2D eigenvalue weighted by Crippen LogP contribution is -2.23. The van der Waals surface area contributed by atoms with E-state index in [4.69, 9.17) is 0 Å². The molecule has 1 aromatic rings. The summed E-state index contributed by atoms with van der Waals surface area (Å²) < 4.78 is -0.0609. The van der Waals surface area contributed by atoms with Gasteiger partial charge in [-0.3, -0.25) is 10.1 Å². The van der Waals surface area contributed by atoms with Crippen LogP contribution >= 0.6 is 15.9 Å². The maximum atomic E-state index is 11.2. The van der Waals surface area contributed by atoms with Crippen LogP contribution in [0.4, 0.5) is 5.69 Å². The molecule has 0 aromatic heterocycles. The third kappa shape index (κ3) is 1.67. The molecule has 0 aliphatic carbocycles. The molecule has 74 valence electrons. The van der Waals surface area contributed by atoms with E-state index in [1.165, 1.54) is 0 Å². The van der Waals surface area contributed by atoms with Gasteiger partial charge in [-0.1, -0.05) is 15.9 Å². The van der Waals surface area contributed by atoms with E-state index in [-0.39, 0.29) is 4.47 Å². The fourth-order valence-corrected chi connectivity index (χ4v) is 1.21. The lowest BCUT2D eigenvalue weighted by molar-refractivity contribution is -0.399. The van der Waals surface area contributed by atoms with Gasteiger partial charge in [0, 0.05) is 4.47 Å². The molecule has 0 saturated carbocycles. The highest BCUT2D eigenvalue weighted by Gasteiger charge is 2.16. The summed E-state index contributed by atoms with van der Waals surface area (Å²) in [6.07, 6.45) is 0. The lowest BCUT2D eigenvalue weighted by Gasteiger charge is -2.12. The number of benzene rings is 1. The highest BCUT2D eigenvalue weighted by atomic mass is 79.9. The molecule has 0 heterocycles. The first-order valence-corrected chi connectivity index (χ1v) is 4.09. The summed E-state index contributed by atoms with van der Waals surface area (Å²) in [5.74, 6) is -2.72. The SMILES string of the molecule is O=C([O-])c1ccc(Br)c([O-])c1[N+](=O)[O-]. The van der Waals surface area contributed by atoms with Crippen molar-refractivity contribution in [2.24, 2.45) is 0 Å². The Morgan fingerprint density at radius 1 is 1.43 bits per heavy atom. The molecule has 0 N–H and O–H groups in total. The van der Waals surface area contributed by atoms with Gasteiger partial charge >= 0.3 is 0 Å². The Bertz CT molecular complexity index is 417. The number of hydrogen-bond acceptors (Lipinski definition) is 5. The highest BCUT2D eigenvalue weighted by molar-refractivity contribution is 9.10. The van der Waals surface area contributed by atoms with Crippen LogP contribution in [0.2, 0.25) is 0 Å². The molecule has 6 nitrogen and oxygen atoms in total. The van der Waals surface area contributed by atoms with Crippen LogP contribution in [0.1, 0.15) is 10.4 Å². The Morgan fingerprint density at radius 2 is 2.00 bits per heavy atom. The fraction of sp³-hybridized carbons (Fsp3) is 0. The Hall–Kier alpha value is -1.63. The number of hydrogen-bond donors (Lipinski definition) is 0. The lowest BCUT2D eigenvalue weighted by atomic mass is 10.1. The van der Waals surface area contributed by atoms with Gasteiger partial charge in [0.05, 0.1) is 16.5 Å². The fourth-order valence-electron chi connectivity index (χ4n) is 0.893. The Balaban J connectivity index is 3.53. The Kier molecular flexibility index (Phi) is 2.70. The normalized spacial score (nSPS) is 9.79. The number of halogens is 1. The van der Waals surface area contributed by atoms with Crippen molar-refractivity contribution in [1.82, 2.24) is 0 Å². The Labute approximate surface area is 86.1 Å². The second-order valence-corrected chi connectivity index (χ2v) is 3.17. The molecule has 1 rings (SSSR count). The van der Waals surface area contributed by atoms with Gasteiger partial charge in [-0.05, 0) is 17.9 Å². The van der Waals surface area contributed by atoms with E-state index in [0.717, 1.165) is 12.1 Å². The predicted molar refractivity (Wildman–Crippen MR) is 44.6 cm³/mol. The minimum absolute atomic E-state index is 0.0609. The van der Waals surface area contributed by atoms with Crippen molar-refractivity contribution in [1.29, 1.82) is 0 Å². The average molecular weight is 260 g/mol. The van der Waals surface area contributed by atoms with Crippen LogP contribution in [0.5, 0.6) is 5.75 Å². The second kappa shape index (κ2) is 3.62. The van der Waals surface area contributed by atoms with Crippen LogP contribution in [-0.2, 0) is 0 Å². The molecule has 0 spiro atoms. The van der Waals surface area contributed by atoms with Crippen molar-refractivity contribution in [3.05, 3.63) is 32.3 Å². The van der Waals surface area contributed by atoms with Crippen LogP contribution in [0, 0.1) is 10.1 Å². The quantitative estimate of drug-likeness (QED) is 0.540. The molecule has 0 fully saturated rings. The van der Waals surface area contributed by atoms with E-state index in [0.29, 0.717) is 0 Å². The molecule has 0 unspecified atom stereocenters. The predicted octanol–water partition coefficient (Wildman–Crippen LogP) is -0.206. The van der Waals surface area contributed by atoms with Crippen molar-refractivity contribution in [3.8, 4) is 5.75 Å². The number of carboxylic acid groups (broad SMARTS) is 1. The van der Waals surface area contributed by atoms with E-state index in [1.807, 2.05) is 0 Å². The molecule has 0 bridgehead atoms. The smallest absolute Gasteiger partial charge is 0.271 e. The largest absolute Gasteiger partial charge is 0.867 e. The van der Waals surface area contributed by atoms with E-state index in [2.05, 4.69) is 15.9 Å². The number of carbonyl (C=O) groups excluding carboxylic acids is 1. The summed E-state index contributed by atoms with van der Waals surface area (Å²) in [6.45, 7) is 0. The summed E-state index contributed by atoms with van der Waals surface area (Å²) in [6, 6.07) is 2.07. The summed E-state index contributed by atoms with van der Waals surface area (Å²) >= 11 is 2.77. The highest BCUT2D eigenvalue weighted by Crippen LogP contribution is 2.33. The van der Waals surface area contributed by atoms with Gasteiger partial charge in [-0.25, -0.2) is 0 Å². The number of rotatable bonds is 2. The van der Waals surface area contributed by atoms with Crippen molar-refractivity contribution in [2.45, 2.75) is 0 Å². The van der Waals surface area contributed by atoms with Crippen LogP contribution in [0.3, 0.4) is 0 Å². The number of carbonyl (C=O) groups is 1. The molecule has 0 atom stereocenters. The van der Waals surface area contributed by atoms with Gasteiger partial charge in [0.2, 0.25) is 0 Å². The topological polar surface area (TPSA) is 106 Å². The summed E-state index contributed by atoms with van der Waals surface area (Å²) in [5, 5.41) is 32.0. The Morgan fingerprint density at radius 3 is 2.43 bits per heavy atom.